The maximum absolute atomic E-state index is 4.82. The average Bonchev–Trinajstić information content (AvgIpc) is 2.83. The molecular formula is C28H18N2Pt. The van der Waals surface area contributed by atoms with Gasteiger partial charge in [-0.1, -0.05) is 48.5 Å². The first-order valence-electron chi connectivity index (χ1n) is 9.85. The fourth-order valence-corrected chi connectivity index (χ4v) is 3.54. The molecule has 5 aromatic rings. The smallest absolute Gasteiger partial charge is 0.294 e. The van der Waals surface area contributed by atoms with Gasteiger partial charge >= 0.3 is 21.1 Å². The SMILES string of the molecule is [C-](=Cc1cccc(-c2nccc3ccccc23)n1)c1ccccc1-c1[c-]cccc1.[Pt+2]. The zero-order valence-electron chi connectivity index (χ0n) is 16.6. The Balaban J connectivity index is 0.00000231. The van der Waals surface area contributed by atoms with Gasteiger partial charge in [0.2, 0.25) is 0 Å². The largest absolute Gasteiger partial charge is 2.00 e. The van der Waals surface area contributed by atoms with Gasteiger partial charge in [0.25, 0.3) is 0 Å². The molecule has 31 heavy (non-hydrogen) atoms. The summed E-state index contributed by atoms with van der Waals surface area (Å²) in [6.45, 7) is 0. The minimum absolute atomic E-state index is 0. The van der Waals surface area contributed by atoms with Crippen molar-refractivity contribution in [3.05, 3.63) is 127 Å². The summed E-state index contributed by atoms with van der Waals surface area (Å²) in [5.74, 6) is 0. The number of pyridine rings is 2. The van der Waals surface area contributed by atoms with Crippen LogP contribution in [0.1, 0.15) is 11.3 Å². The van der Waals surface area contributed by atoms with E-state index in [0.717, 1.165) is 44.5 Å². The molecule has 0 saturated carbocycles. The molecule has 3 aromatic carbocycles. The normalized spacial score (nSPS) is 10.8. The second-order valence-electron chi connectivity index (χ2n) is 6.94. The molecule has 150 valence electrons. The first-order chi connectivity index (χ1) is 14.9. The molecule has 0 fully saturated rings. The number of aromatic nitrogens is 2. The van der Waals surface area contributed by atoms with Crippen LogP contribution in [0.2, 0.25) is 0 Å². The zero-order valence-corrected chi connectivity index (χ0v) is 18.9. The van der Waals surface area contributed by atoms with E-state index in [-0.39, 0.29) is 21.1 Å². The third-order valence-corrected chi connectivity index (χ3v) is 4.99. The fraction of sp³-hybridized carbons (Fsp3) is 0. The number of hydrogen-bond donors (Lipinski definition) is 0. The van der Waals surface area contributed by atoms with E-state index in [2.05, 4.69) is 47.5 Å². The van der Waals surface area contributed by atoms with Crippen molar-refractivity contribution in [3.8, 4) is 22.5 Å². The molecule has 0 unspecified atom stereocenters. The standard InChI is InChI=1S/C28H18N2.Pt/c1-2-9-21(10-3-1)25-14-6-4-11-22(25)17-18-24-13-8-16-27(30-24)28-26-15-7-5-12-23(26)19-20-29-28;/h1-9,11-16,18-20H;/q-2;+2. The van der Waals surface area contributed by atoms with Gasteiger partial charge in [-0.05, 0) is 23.2 Å². The van der Waals surface area contributed by atoms with E-state index in [4.69, 9.17) is 4.98 Å². The van der Waals surface area contributed by atoms with Crippen LogP contribution >= 0.6 is 0 Å². The van der Waals surface area contributed by atoms with Crippen molar-refractivity contribution in [2.75, 3.05) is 0 Å². The molecule has 3 heteroatoms. The van der Waals surface area contributed by atoms with E-state index in [9.17, 15) is 0 Å². The van der Waals surface area contributed by atoms with Crippen molar-refractivity contribution in [2.24, 2.45) is 0 Å². The van der Waals surface area contributed by atoms with Gasteiger partial charge in [0, 0.05) is 11.6 Å². The Hall–Kier alpha value is -3.35. The Morgan fingerprint density at radius 1 is 0.774 bits per heavy atom. The maximum Gasteiger partial charge on any atom is 2.00 e. The summed E-state index contributed by atoms with van der Waals surface area (Å²) < 4.78 is 0. The third-order valence-electron chi connectivity index (χ3n) is 4.99. The van der Waals surface area contributed by atoms with E-state index < -0.39 is 0 Å². The van der Waals surface area contributed by atoms with Crippen LogP contribution in [0, 0.1) is 12.1 Å². The van der Waals surface area contributed by atoms with Gasteiger partial charge in [-0.15, -0.1) is 71.3 Å². The second kappa shape index (κ2) is 9.64. The van der Waals surface area contributed by atoms with Gasteiger partial charge in [0.1, 0.15) is 0 Å². The molecule has 0 aliphatic rings. The summed E-state index contributed by atoms with van der Waals surface area (Å²) in [6.07, 6.45) is 7.18. The van der Waals surface area contributed by atoms with E-state index in [1.807, 2.05) is 79.0 Å². The van der Waals surface area contributed by atoms with Gasteiger partial charge in [-0.3, -0.25) is 9.97 Å². The number of fused-ring (bicyclic) bond motifs is 1. The van der Waals surface area contributed by atoms with Gasteiger partial charge in [0.15, 0.2) is 0 Å². The number of hydrogen-bond acceptors (Lipinski definition) is 2. The fourth-order valence-electron chi connectivity index (χ4n) is 3.54. The van der Waals surface area contributed by atoms with Crippen molar-refractivity contribution in [2.45, 2.75) is 0 Å². The molecular weight excluding hydrogens is 559 g/mol. The number of benzene rings is 3. The van der Waals surface area contributed by atoms with Crippen LogP contribution in [-0.2, 0) is 21.1 Å². The molecule has 0 atom stereocenters. The van der Waals surface area contributed by atoms with Crippen molar-refractivity contribution in [1.82, 2.24) is 9.97 Å². The summed E-state index contributed by atoms with van der Waals surface area (Å²) in [5, 5.41) is 2.26. The van der Waals surface area contributed by atoms with Gasteiger partial charge in [-0.25, -0.2) is 0 Å². The van der Waals surface area contributed by atoms with E-state index in [1.165, 1.54) is 0 Å². The van der Waals surface area contributed by atoms with Crippen LogP contribution in [0.3, 0.4) is 0 Å². The molecule has 5 rings (SSSR count). The molecule has 0 spiro atoms. The summed E-state index contributed by atoms with van der Waals surface area (Å²) in [7, 11) is 0. The zero-order chi connectivity index (χ0) is 20.2. The maximum atomic E-state index is 4.82. The molecule has 2 aromatic heterocycles. The summed E-state index contributed by atoms with van der Waals surface area (Å²) in [5.41, 5.74) is 5.75. The molecule has 0 saturated heterocycles. The molecule has 0 aliphatic carbocycles. The van der Waals surface area contributed by atoms with Crippen LogP contribution < -0.4 is 0 Å². The first-order valence-corrected chi connectivity index (χ1v) is 9.85. The van der Waals surface area contributed by atoms with Crippen LogP contribution in [0.5, 0.6) is 0 Å². The van der Waals surface area contributed by atoms with Crippen LogP contribution in [-0.4, -0.2) is 9.97 Å². The quantitative estimate of drug-likeness (QED) is 0.224. The van der Waals surface area contributed by atoms with E-state index in [1.54, 1.807) is 0 Å². The molecule has 0 aliphatic heterocycles. The van der Waals surface area contributed by atoms with Crippen molar-refractivity contribution in [3.63, 3.8) is 0 Å². The van der Waals surface area contributed by atoms with Crippen LogP contribution in [0.15, 0.2) is 103 Å². The second-order valence-corrected chi connectivity index (χ2v) is 6.94. The molecule has 2 nitrogen and oxygen atoms in total. The van der Waals surface area contributed by atoms with Gasteiger partial charge < -0.3 is 0 Å². The molecule has 2 heterocycles. The summed E-state index contributed by atoms with van der Waals surface area (Å²) in [6, 6.07) is 35.7. The third kappa shape index (κ3) is 4.55. The molecule has 0 N–H and O–H groups in total. The number of rotatable bonds is 4. The Labute approximate surface area is 196 Å². The molecule has 0 radical (unpaired) electrons. The predicted octanol–water partition coefficient (Wildman–Crippen LogP) is 6.63. The Bertz CT molecular complexity index is 1340. The van der Waals surface area contributed by atoms with Crippen LogP contribution in [0.25, 0.3) is 39.4 Å². The van der Waals surface area contributed by atoms with E-state index >= 15 is 0 Å². The number of nitrogens with zero attached hydrogens (tertiary/aromatic N) is 2. The Kier molecular flexibility index (Phi) is 6.50. The van der Waals surface area contributed by atoms with Gasteiger partial charge in [-0.2, -0.15) is 0 Å². The monoisotopic (exact) mass is 577 g/mol. The van der Waals surface area contributed by atoms with Crippen molar-refractivity contribution < 1.29 is 21.1 Å². The first kappa shape index (κ1) is 20.9. The molecule has 0 amide bonds. The van der Waals surface area contributed by atoms with Gasteiger partial charge in [0.05, 0.1) is 11.4 Å². The van der Waals surface area contributed by atoms with E-state index in [0.29, 0.717) is 0 Å². The Morgan fingerprint density at radius 2 is 1.61 bits per heavy atom. The minimum atomic E-state index is 0. The Morgan fingerprint density at radius 3 is 2.52 bits per heavy atom. The van der Waals surface area contributed by atoms with Crippen LogP contribution in [0.4, 0.5) is 0 Å². The average molecular weight is 578 g/mol. The predicted molar refractivity (Wildman–Crippen MR) is 122 cm³/mol. The van der Waals surface area contributed by atoms with Crippen molar-refractivity contribution >= 4 is 16.8 Å². The summed E-state index contributed by atoms with van der Waals surface area (Å²) in [4.78, 5) is 9.41. The summed E-state index contributed by atoms with van der Waals surface area (Å²) >= 11 is 0. The molecule has 0 bridgehead atoms. The minimum Gasteiger partial charge on any atom is -0.294 e. The van der Waals surface area contributed by atoms with Crippen molar-refractivity contribution in [1.29, 1.82) is 0 Å². The topological polar surface area (TPSA) is 25.8 Å².